The Morgan fingerprint density at radius 3 is 1.25 bits per heavy atom. The van der Waals surface area contributed by atoms with Gasteiger partial charge in [-0.3, -0.25) is 0 Å². The summed E-state index contributed by atoms with van der Waals surface area (Å²) in [6, 6.07) is 0. The molecule has 0 saturated carbocycles. The molecule has 0 heterocycles. The maximum absolute atomic E-state index is 4.73. The van der Waals surface area contributed by atoms with Crippen LogP contribution in [0.5, 0.6) is 0 Å². The molecule has 0 aromatic heterocycles. The summed E-state index contributed by atoms with van der Waals surface area (Å²) < 4.78 is 0. The van der Waals surface area contributed by atoms with E-state index in [1.165, 1.54) is 19.3 Å². The molecule has 3 heteroatoms. The van der Waals surface area contributed by atoms with Gasteiger partial charge in [-0.2, -0.15) is 6.92 Å². The SMILES string of the molecule is CCC.CCCC.CCCONC.[CH2-]C.[Y]. The first-order chi connectivity index (χ1) is 7.24. The van der Waals surface area contributed by atoms with Gasteiger partial charge in [-0.1, -0.05) is 53.9 Å². The maximum Gasteiger partial charge on any atom is 0.0679 e. The van der Waals surface area contributed by atoms with Crippen molar-refractivity contribution in [2.24, 2.45) is 0 Å². The van der Waals surface area contributed by atoms with Crippen LogP contribution in [-0.4, -0.2) is 13.7 Å². The van der Waals surface area contributed by atoms with Gasteiger partial charge in [-0.15, -0.1) is 0 Å². The van der Waals surface area contributed by atoms with Crippen molar-refractivity contribution < 1.29 is 37.5 Å². The van der Waals surface area contributed by atoms with Crippen molar-refractivity contribution in [2.75, 3.05) is 13.7 Å². The maximum atomic E-state index is 4.73. The molecule has 0 aliphatic carbocycles. The van der Waals surface area contributed by atoms with Crippen molar-refractivity contribution in [2.45, 2.75) is 67.2 Å². The standard InChI is InChI=1S/C4H11NO.C4H10.C3H8.C2H5.Y/c1-3-4-6-5-2;1-3-4-2;1-3-2;1-2;/h5H,3-4H2,1-2H3;3-4H2,1-2H3;3H2,1-2H3;1H2,2H3;/q;;;-1;. The van der Waals surface area contributed by atoms with Crippen LogP contribution in [0.25, 0.3) is 0 Å². The summed E-state index contributed by atoms with van der Waals surface area (Å²) in [5.41, 5.74) is 2.57. The van der Waals surface area contributed by atoms with E-state index < -0.39 is 0 Å². The van der Waals surface area contributed by atoms with E-state index in [0.717, 1.165) is 13.0 Å². The Balaban J connectivity index is -0.0000000358. The fourth-order valence-corrected chi connectivity index (χ4v) is 0.204. The van der Waals surface area contributed by atoms with Crippen LogP contribution in [-0.2, 0) is 37.5 Å². The number of hydrogen-bond acceptors (Lipinski definition) is 2. The van der Waals surface area contributed by atoms with Crippen LogP contribution in [0.2, 0.25) is 0 Å². The largest absolute Gasteiger partial charge is 0.346 e. The van der Waals surface area contributed by atoms with Crippen molar-refractivity contribution in [3.8, 4) is 0 Å². The molecule has 0 aromatic rings. The van der Waals surface area contributed by atoms with E-state index in [0.29, 0.717) is 0 Å². The minimum atomic E-state index is 0. The summed E-state index contributed by atoms with van der Waals surface area (Å²) in [6.45, 7) is 16.5. The van der Waals surface area contributed by atoms with Crippen LogP contribution in [0.4, 0.5) is 0 Å². The second kappa shape index (κ2) is 56.2. The van der Waals surface area contributed by atoms with Gasteiger partial charge in [0.1, 0.15) is 0 Å². The van der Waals surface area contributed by atoms with Gasteiger partial charge in [-0.05, 0) is 6.42 Å². The minimum Gasteiger partial charge on any atom is -0.346 e. The van der Waals surface area contributed by atoms with Gasteiger partial charge in [0.25, 0.3) is 0 Å². The summed E-state index contributed by atoms with van der Waals surface area (Å²) >= 11 is 0. The molecule has 0 rings (SSSR count). The average molecular weight is 309 g/mol. The van der Waals surface area contributed by atoms with E-state index >= 15 is 0 Å². The molecule has 1 N–H and O–H groups in total. The molecular formula is C13H34NOY-. The molecule has 101 valence electrons. The van der Waals surface area contributed by atoms with Crippen molar-refractivity contribution in [3.63, 3.8) is 0 Å². The van der Waals surface area contributed by atoms with Crippen LogP contribution < -0.4 is 5.48 Å². The van der Waals surface area contributed by atoms with E-state index in [1.807, 2.05) is 0 Å². The molecule has 0 aromatic carbocycles. The van der Waals surface area contributed by atoms with Gasteiger partial charge in [0.05, 0.1) is 6.61 Å². The normalized spacial score (nSPS) is 6.75. The summed E-state index contributed by atoms with van der Waals surface area (Å²) in [5, 5.41) is 0. The van der Waals surface area contributed by atoms with Crippen molar-refractivity contribution >= 4 is 0 Å². The number of unbranched alkanes of at least 4 members (excludes halogenated alkanes) is 1. The van der Waals surface area contributed by atoms with Gasteiger partial charge >= 0.3 is 0 Å². The Labute approximate surface area is 130 Å². The zero-order chi connectivity index (χ0) is 12.9. The zero-order valence-electron chi connectivity index (χ0n) is 12.7. The Kier molecular flexibility index (Phi) is 106. The predicted molar refractivity (Wildman–Crippen MR) is 72.9 cm³/mol. The summed E-state index contributed by atoms with van der Waals surface area (Å²) in [5.74, 6) is 0. The van der Waals surface area contributed by atoms with E-state index in [1.54, 1.807) is 14.0 Å². The van der Waals surface area contributed by atoms with Crippen molar-refractivity contribution in [3.05, 3.63) is 6.92 Å². The van der Waals surface area contributed by atoms with E-state index in [-0.39, 0.29) is 32.7 Å². The quantitative estimate of drug-likeness (QED) is 0.465. The van der Waals surface area contributed by atoms with Crippen LogP contribution >= 0.6 is 0 Å². The molecule has 0 atom stereocenters. The smallest absolute Gasteiger partial charge is 0.0679 e. The second-order valence-electron chi connectivity index (χ2n) is 2.76. The third kappa shape index (κ3) is 117. The molecule has 2 nitrogen and oxygen atoms in total. The molecule has 0 bridgehead atoms. The molecule has 0 unspecified atom stereocenters. The number of hydrogen-bond donors (Lipinski definition) is 1. The van der Waals surface area contributed by atoms with Crippen LogP contribution in [0.3, 0.4) is 0 Å². The summed E-state index contributed by atoms with van der Waals surface area (Å²) in [4.78, 5) is 4.73. The predicted octanol–water partition coefficient (Wildman–Crippen LogP) is 4.61. The first-order valence-corrected chi connectivity index (χ1v) is 6.24. The molecule has 0 spiro atoms. The summed E-state index contributed by atoms with van der Waals surface area (Å²) in [6.07, 6.45) is 4.96. The zero-order valence-corrected chi connectivity index (χ0v) is 15.6. The number of nitrogens with one attached hydrogen (secondary N) is 1. The van der Waals surface area contributed by atoms with Gasteiger partial charge < -0.3 is 11.8 Å². The number of rotatable bonds is 4. The third-order valence-corrected chi connectivity index (χ3v) is 0.951. The van der Waals surface area contributed by atoms with Gasteiger partial charge in [-0.25, -0.2) is 5.48 Å². The Morgan fingerprint density at radius 1 is 0.875 bits per heavy atom. The van der Waals surface area contributed by atoms with E-state index in [4.69, 9.17) is 4.84 Å². The molecule has 0 amide bonds. The van der Waals surface area contributed by atoms with Gasteiger partial charge in [0.2, 0.25) is 0 Å². The first kappa shape index (κ1) is 30.2. The molecule has 1 radical (unpaired) electrons. The fourth-order valence-electron chi connectivity index (χ4n) is 0.204. The molecule has 0 aliphatic rings. The van der Waals surface area contributed by atoms with E-state index in [9.17, 15) is 0 Å². The average Bonchev–Trinajstić information content (AvgIpc) is 2.30. The number of hydroxylamine groups is 1. The van der Waals surface area contributed by atoms with Gasteiger partial charge in [0, 0.05) is 39.8 Å². The molecule has 0 fully saturated rings. The van der Waals surface area contributed by atoms with Crippen molar-refractivity contribution in [1.82, 2.24) is 5.48 Å². The van der Waals surface area contributed by atoms with E-state index in [2.05, 4.69) is 47.0 Å². The third-order valence-electron chi connectivity index (χ3n) is 0.951. The molecule has 0 saturated heterocycles. The Morgan fingerprint density at radius 2 is 1.19 bits per heavy atom. The Hall–Kier alpha value is 1.02. The topological polar surface area (TPSA) is 21.3 Å². The first-order valence-electron chi connectivity index (χ1n) is 6.24. The van der Waals surface area contributed by atoms with Gasteiger partial charge in [0.15, 0.2) is 0 Å². The Bertz CT molecular complexity index is 49.2. The minimum absolute atomic E-state index is 0. The summed E-state index contributed by atoms with van der Waals surface area (Å²) in [7, 11) is 1.76. The molecular weight excluding hydrogens is 275 g/mol. The molecule has 0 aliphatic heterocycles. The second-order valence-corrected chi connectivity index (χ2v) is 2.76. The molecule has 16 heavy (non-hydrogen) atoms. The van der Waals surface area contributed by atoms with Crippen LogP contribution in [0.1, 0.15) is 67.2 Å². The van der Waals surface area contributed by atoms with Crippen LogP contribution in [0, 0.1) is 6.92 Å². The van der Waals surface area contributed by atoms with Crippen molar-refractivity contribution in [1.29, 1.82) is 0 Å². The van der Waals surface area contributed by atoms with Crippen LogP contribution in [0.15, 0.2) is 0 Å². The monoisotopic (exact) mass is 309 g/mol. The fraction of sp³-hybridized carbons (Fsp3) is 0.923.